The zero-order valence-electron chi connectivity index (χ0n) is 13.6. The lowest BCUT2D eigenvalue weighted by Gasteiger charge is -2.17. The molecule has 24 heavy (non-hydrogen) atoms. The first-order valence-corrected chi connectivity index (χ1v) is 7.59. The molecule has 0 saturated carbocycles. The van der Waals surface area contributed by atoms with E-state index in [-0.39, 0.29) is 12.1 Å². The molecule has 126 valence electrons. The second-order valence-electron chi connectivity index (χ2n) is 5.45. The average Bonchev–Trinajstić information content (AvgIpc) is 2.59. The van der Waals surface area contributed by atoms with Gasteiger partial charge in [-0.3, -0.25) is 14.9 Å². The van der Waals surface area contributed by atoms with Gasteiger partial charge in [0.05, 0.1) is 18.0 Å². The number of carboxylic acids is 1. The molecule has 0 bridgehead atoms. The Hall–Kier alpha value is -2.89. The molecule has 1 atom stereocenters. The number of ether oxygens (including phenoxy) is 1. The Kier molecular flexibility index (Phi) is 5.52. The van der Waals surface area contributed by atoms with Crippen molar-refractivity contribution in [2.45, 2.75) is 25.7 Å². The largest absolute Gasteiger partial charge is 0.496 e. The van der Waals surface area contributed by atoms with Gasteiger partial charge in [-0.15, -0.1) is 0 Å². The average molecular weight is 329 g/mol. The summed E-state index contributed by atoms with van der Waals surface area (Å²) in [6, 6.07) is 11.5. The Balaban J connectivity index is 2.36. The molecular weight excluding hydrogens is 310 g/mol. The van der Waals surface area contributed by atoms with Gasteiger partial charge in [0.15, 0.2) is 0 Å². The molecule has 1 N–H and O–H groups in total. The highest BCUT2D eigenvalue weighted by Crippen LogP contribution is 2.31. The minimum Gasteiger partial charge on any atom is -0.496 e. The van der Waals surface area contributed by atoms with Crippen LogP contribution in [-0.2, 0) is 17.6 Å². The van der Waals surface area contributed by atoms with Crippen molar-refractivity contribution in [3.8, 4) is 5.75 Å². The summed E-state index contributed by atoms with van der Waals surface area (Å²) in [5, 5.41) is 20.4. The lowest BCUT2D eigenvalue weighted by molar-refractivity contribution is -0.384. The van der Waals surface area contributed by atoms with Gasteiger partial charge in [-0.1, -0.05) is 31.2 Å². The van der Waals surface area contributed by atoms with Crippen LogP contribution in [0.4, 0.5) is 5.69 Å². The normalized spacial score (nSPS) is 11.8. The van der Waals surface area contributed by atoms with Crippen molar-refractivity contribution in [3.05, 3.63) is 69.3 Å². The van der Waals surface area contributed by atoms with Crippen molar-refractivity contribution in [1.82, 2.24) is 0 Å². The van der Waals surface area contributed by atoms with Crippen LogP contribution >= 0.6 is 0 Å². The Morgan fingerprint density at radius 3 is 2.33 bits per heavy atom. The number of non-ortho nitro benzene ring substituents is 1. The molecule has 0 saturated heterocycles. The third-order valence-corrected chi connectivity index (χ3v) is 3.96. The predicted molar refractivity (Wildman–Crippen MR) is 89.5 cm³/mol. The Labute approximate surface area is 139 Å². The van der Waals surface area contributed by atoms with E-state index in [1.165, 1.54) is 19.2 Å². The summed E-state index contributed by atoms with van der Waals surface area (Å²) >= 11 is 0. The van der Waals surface area contributed by atoms with Crippen LogP contribution in [0.2, 0.25) is 0 Å². The molecule has 1 unspecified atom stereocenters. The second kappa shape index (κ2) is 7.59. The summed E-state index contributed by atoms with van der Waals surface area (Å²) in [6.45, 7) is 2.00. The maximum absolute atomic E-state index is 11.8. The Bertz CT molecular complexity index is 740. The molecule has 0 aliphatic rings. The molecule has 2 aromatic rings. The van der Waals surface area contributed by atoms with Crippen molar-refractivity contribution < 1.29 is 19.6 Å². The molecule has 0 heterocycles. The molecule has 2 rings (SSSR count). The quantitative estimate of drug-likeness (QED) is 0.619. The maximum Gasteiger partial charge on any atom is 0.311 e. The van der Waals surface area contributed by atoms with Gasteiger partial charge >= 0.3 is 5.97 Å². The van der Waals surface area contributed by atoms with Crippen molar-refractivity contribution in [3.63, 3.8) is 0 Å². The first-order chi connectivity index (χ1) is 11.5. The Morgan fingerprint density at radius 2 is 1.83 bits per heavy atom. The summed E-state index contributed by atoms with van der Waals surface area (Å²) in [4.78, 5) is 22.0. The number of nitrogens with zero attached hydrogens (tertiary/aromatic N) is 1. The number of methoxy groups -OCH3 is 1. The van der Waals surface area contributed by atoms with Crippen LogP contribution in [0.15, 0.2) is 42.5 Å². The monoisotopic (exact) mass is 329 g/mol. The van der Waals surface area contributed by atoms with E-state index in [0.29, 0.717) is 11.3 Å². The van der Waals surface area contributed by atoms with Crippen molar-refractivity contribution >= 4 is 11.7 Å². The van der Waals surface area contributed by atoms with Crippen molar-refractivity contribution in [1.29, 1.82) is 0 Å². The zero-order valence-corrected chi connectivity index (χ0v) is 13.6. The number of nitro benzene ring substituents is 1. The van der Waals surface area contributed by atoms with Crippen LogP contribution in [0, 0.1) is 10.1 Å². The minimum absolute atomic E-state index is 0.0174. The lowest BCUT2D eigenvalue weighted by atomic mass is 9.90. The van der Waals surface area contributed by atoms with E-state index in [9.17, 15) is 20.0 Å². The molecular formula is C18H19NO5. The SMILES string of the molecule is CCc1ccc(OC)c(C(Cc2ccc([N+](=O)[O-])cc2)C(=O)O)c1. The first-order valence-electron chi connectivity index (χ1n) is 7.59. The van der Waals surface area contributed by atoms with Crippen LogP contribution in [0.3, 0.4) is 0 Å². The van der Waals surface area contributed by atoms with Gasteiger partial charge in [0.2, 0.25) is 0 Å². The smallest absolute Gasteiger partial charge is 0.311 e. The van der Waals surface area contributed by atoms with Crippen LogP contribution in [0.1, 0.15) is 29.5 Å². The standard InChI is InChI=1S/C18H19NO5/c1-3-12-6-9-17(24-2)15(10-12)16(18(20)21)11-13-4-7-14(8-5-13)19(22)23/h4-10,16H,3,11H2,1-2H3,(H,20,21). The van der Waals surface area contributed by atoms with Crippen LogP contribution < -0.4 is 4.74 Å². The molecule has 0 fully saturated rings. The van der Waals surface area contributed by atoms with Gasteiger partial charge in [0.1, 0.15) is 5.75 Å². The third kappa shape index (κ3) is 3.90. The number of hydrogen-bond acceptors (Lipinski definition) is 4. The fourth-order valence-corrected chi connectivity index (χ4v) is 2.60. The molecule has 0 spiro atoms. The fourth-order valence-electron chi connectivity index (χ4n) is 2.60. The molecule has 0 radical (unpaired) electrons. The molecule has 0 aliphatic heterocycles. The summed E-state index contributed by atoms with van der Waals surface area (Å²) in [7, 11) is 1.51. The maximum atomic E-state index is 11.8. The summed E-state index contributed by atoms with van der Waals surface area (Å²) in [5.74, 6) is -1.21. The number of rotatable bonds is 7. The summed E-state index contributed by atoms with van der Waals surface area (Å²) in [6.07, 6.45) is 1.03. The number of aryl methyl sites for hydroxylation is 1. The molecule has 0 amide bonds. The predicted octanol–water partition coefficient (Wildman–Crippen LogP) is 3.58. The summed E-state index contributed by atoms with van der Waals surface area (Å²) < 4.78 is 5.31. The first kappa shape index (κ1) is 17.5. The highest BCUT2D eigenvalue weighted by Gasteiger charge is 2.24. The highest BCUT2D eigenvalue weighted by atomic mass is 16.6. The van der Waals surface area contributed by atoms with Gasteiger partial charge in [0.25, 0.3) is 5.69 Å². The molecule has 6 nitrogen and oxygen atoms in total. The summed E-state index contributed by atoms with van der Waals surface area (Å²) in [5.41, 5.74) is 2.34. The van der Waals surface area contributed by atoms with E-state index in [1.807, 2.05) is 19.1 Å². The van der Waals surface area contributed by atoms with Crippen molar-refractivity contribution in [2.24, 2.45) is 0 Å². The van der Waals surface area contributed by atoms with E-state index in [4.69, 9.17) is 4.74 Å². The number of aliphatic carboxylic acids is 1. The van der Waals surface area contributed by atoms with Crippen molar-refractivity contribution in [2.75, 3.05) is 7.11 Å². The Morgan fingerprint density at radius 1 is 1.21 bits per heavy atom. The molecule has 0 aliphatic carbocycles. The lowest BCUT2D eigenvalue weighted by Crippen LogP contribution is -2.16. The number of hydrogen-bond donors (Lipinski definition) is 1. The molecule has 2 aromatic carbocycles. The second-order valence-corrected chi connectivity index (χ2v) is 5.45. The van der Waals surface area contributed by atoms with E-state index < -0.39 is 16.8 Å². The van der Waals surface area contributed by atoms with Gasteiger partial charge in [-0.25, -0.2) is 0 Å². The van der Waals surface area contributed by atoms with Crippen LogP contribution in [0.25, 0.3) is 0 Å². The third-order valence-electron chi connectivity index (χ3n) is 3.96. The topological polar surface area (TPSA) is 89.7 Å². The number of benzene rings is 2. The van der Waals surface area contributed by atoms with Crippen LogP contribution in [0.5, 0.6) is 5.75 Å². The number of nitro groups is 1. The van der Waals surface area contributed by atoms with E-state index in [0.717, 1.165) is 17.5 Å². The van der Waals surface area contributed by atoms with E-state index in [2.05, 4.69) is 0 Å². The highest BCUT2D eigenvalue weighted by molar-refractivity contribution is 5.78. The van der Waals surface area contributed by atoms with E-state index >= 15 is 0 Å². The minimum atomic E-state index is -0.958. The van der Waals surface area contributed by atoms with Gasteiger partial charge < -0.3 is 9.84 Å². The molecule has 0 aromatic heterocycles. The fraction of sp³-hybridized carbons (Fsp3) is 0.278. The van der Waals surface area contributed by atoms with Crippen LogP contribution in [-0.4, -0.2) is 23.1 Å². The van der Waals surface area contributed by atoms with Gasteiger partial charge in [-0.05, 0) is 30.0 Å². The number of carbonyl (C=O) groups is 1. The van der Waals surface area contributed by atoms with E-state index in [1.54, 1.807) is 18.2 Å². The van der Waals surface area contributed by atoms with Gasteiger partial charge in [0, 0.05) is 17.7 Å². The zero-order chi connectivity index (χ0) is 17.7. The van der Waals surface area contributed by atoms with Gasteiger partial charge in [-0.2, -0.15) is 0 Å². The number of carboxylic acid groups (broad SMARTS) is 1. The molecule has 6 heteroatoms.